The van der Waals surface area contributed by atoms with E-state index in [1.807, 2.05) is 49.4 Å². The van der Waals surface area contributed by atoms with Crippen LogP contribution < -0.4 is 9.47 Å². The number of aliphatic hydroxyl groups excluding tert-OH is 1. The normalized spacial score (nSPS) is 16.5. The Morgan fingerprint density at radius 3 is 2.31 bits per heavy atom. The third-order valence-electron chi connectivity index (χ3n) is 6.77. The first kappa shape index (κ1) is 25.9. The third-order valence-corrected chi connectivity index (χ3v) is 6.77. The zero-order valence-electron chi connectivity index (χ0n) is 22.0. The van der Waals surface area contributed by atoms with Gasteiger partial charge in [-0.25, -0.2) is 0 Å². The van der Waals surface area contributed by atoms with Gasteiger partial charge in [0.1, 0.15) is 41.4 Å². The van der Waals surface area contributed by atoms with E-state index in [0.717, 1.165) is 16.7 Å². The first-order chi connectivity index (χ1) is 18.9. The van der Waals surface area contributed by atoms with E-state index in [0.29, 0.717) is 35.2 Å². The van der Waals surface area contributed by atoms with E-state index in [2.05, 4.69) is 0 Å². The Kier molecular flexibility index (Phi) is 7.23. The van der Waals surface area contributed by atoms with Crippen LogP contribution in [0.15, 0.2) is 94.9 Å². The Labute approximate surface area is 226 Å². The van der Waals surface area contributed by atoms with Gasteiger partial charge >= 0.3 is 0 Å². The van der Waals surface area contributed by atoms with Gasteiger partial charge in [-0.1, -0.05) is 42.5 Å². The first-order valence-electron chi connectivity index (χ1n) is 12.6. The molecule has 1 aliphatic heterocycles. The summed E-state index contributed by atoms with van der Waals surface area (Å²) in [5.74, 6) is 0.659. The second kappa shape index (κ2) is 10.9. The molecule has 0 spiro atoms. The Morgan fingerprint density at radius 1 is 0.923 bits per heavy atom. The van der Waals surface area contributed by atoms with Crippen molar-refractivity contribution in [2.24, 2.45) is 0 Å². The van der Waals surface area contributed by atoms with Crippen molar-refractivity contribution in [2.45, 2.75) is 33.0 Å². The molecule has 0 aliphatic carbocycles. The molecule has 0 saturated carbocycles. The number of aliphatic hydroxyl groups is 1. The Morgan fingerprint density at radius 2 is 1.67 bits per heavy atom. The molecule has 5 rings (SSSR count). The highest BCUT2D eigenvalue weighted by atomic mass is 16.5. The molecule has 3 aromatic carbocycles. The van der Waals surface area contributed by atoms with E-state index >= 15 is 0 Å². The number of methoxy groups -OCH3 is 1. The summed E-state index contributed by atoms with van der Waals surface area (Å²) < 4.78 is 17.1. The second-order valence-electron chi connectivity index (χ2n) is 9.48. The minimum Gasteiger partial charge on any atom is -0.507 e. The van der Waals surface area contributed by atoms with Crippen molar-refractivity contribution in [1.82, 2.24) is 4.90 Å². The smallest absolute Gasteiger partial charge is 0.296 e. The number of hydrogen-bond donors (Lipinski definition) is 1. The first-order valence-corrected chi connectivity index (χ1v) is 12.6. The molecule has 1 unspecified atom stereocenters. The van der Waals surface area contributed by atoms with Crippen molar-refractivity contribution in [3.05, 3.63) is 124 Å². The van der Waals surface area contributed by atoms with Gasteiger partial charge in [0.15, 0.2) is 0 Å². The van der Waals surface area contributed by atoms with E-state index < -0.39 is 17.7 Å². The fourth-order valence-corrected chi connectivity index (χ4v) is 4.72. The molecular formula is C32H29NO6. The van der Waals surface area contributed by atoms with Gasteiger partial charge in [0.25, 0.3) is 11.7 Å². The van der Waals surface area contributed by atoms with Gasteiger partial charge < -0.3 is 23.9 Å². The molecule has 2 heterocycles. The van der Waals surface area contributed by atoms with Crippen LogP contribution in [-0.2, 0) is 22.7 Å². The zero-order valence-corrected chi connectivity index (χ0v) is 22.0. The van der Waals surface area contributed by atoms with Gasteiger partial charge in [-0.15, -0.1) is 0 Å². The topological polar surface area (TPSA) is 89.2 Å². The molecule has 0 bridgehead atoms. The molecule has 1 atom stereocenters. The highest BCUT2D eigenvalue weighted by Gasteiger charge is 2.47. The average Bonchev–Trinajstić information content (AvgIpc) is 3.49. The van der Waals surface area contributed by atoms with Gasteiger partial charge in [0, 0.05) is 12.1 Å². The summed E-state index contributed by atoms with van der Waals surface area (Å²) in [6, 6.07) is 24.9. The van der Waals surface area contributed by atoms with Crippen LogP contribution in [0.3, 0.4) is 0 Å². The molecule has 1 fully saturated rings. The molecule has 1 saturated heterocycles. The van der Waals surface area contributed by atoms with Crippen molar-refractivity contribution in [2.75, 3.05) is 7.11 Å². The maximum atomic E-state index is 13.3. The summed E-state index contributed by atoms with van der Waals surface area (Å²) in [6.07, 6.45) is 0. The minimum atomic E-state index is -0.880. The summed E-state index contributed by atoms with van der Waals surface area (Å²) in [7, 11) is 1.58. The Balaban J connectivity index is 1.49. The van der Waals surface area contributed by atoms with Crippen molar-refractivity contribution >= 4 is 17.4 Å². The van der Waals surface area contributed by atoms with Gasteiger partial charge in [-0.3, -0.25) is 9.59 Å². The number of furan rings is 1. The van der Waals surface area contributed by atoms with E-state index in [-0.39, 0.29) is 17.9 Å². The van der Waals surface area contributed by atoms with Crippen LogP contribution >= 0.6 is 0 Å². The molecule has 1 aromatic heterocycles. The second-order valence-corrected chi connectivity index (χ2v) is 9.48. The number of likely N-dealkylation sites (tertiary alicyclic amines) is 1. The summed E-state index contributed by atoms with van der Waals surface area (Å²) in [5.41, 5.74) is 3.03. The maximum absolute atomic E-state index is 13.3. The van der Waals surface area contributed by atoms with E-state index in [1.165, 1.54) is 4.90 Å². The number of hydrogen-bond acceptors (Lipinski definition) is 6. The van der Waals surface area contributed by atoms with E-state index in [9.17, 15) is 14.7 Å². The quantitative estimate of drug-likeness (QED) is 0.170. The van der Waals surface area contributed by atoms with Crippen LogP contribution in [0.1, 0.15) is 39.8 Å². The molecule has 39 heavy (non-hydrogen) atoms. The summed E-state index contributed by atoms with van der Waals surface area (Å²) in [6.45, 7) is 4.21. The number of ketones is 1. The number of carbonyl (C=O) groups excluding carboxylic acids is 2. The molecule has 1 N–H and O–H groups in total. The summed E-state index contributed by atoms with van der Waals surface area (Å²) >= 11 is 0. The highest BCUT2D eigenvalue weighted by Crippen LogP contribution is 2.41. The predicted molar refractivity (Wildman–Crippen MR) is 146 cm³/mol. The largest absolute Gasteiger partial charge is 0.507 e. The van der Waals surface area contributed by atoms with E-state index in [1.54, 1.807) is 56.5 Å². The van der Waals surface area contributed by atoms with Gasteiger partial charge in [0.05, 0.1) is 12.7 Å². The SMILES string of the molecule is COc1ccc(CN2C(=O)C(=O)/C(=C(\O)c3ccc(OCc4ccccc4)c(C)c3)C2c2ccc(C)o2)cc1. The number of benzene rings is 3. The highest BCUT2D eigenvalue weighted by molar-refractivity contribution is 6.46. The molecule has 7 heteroatoms. The average molecular weight is 524 g/mol. The Bertz CT molecular complexity index is 1530. The number of amides is 1. The molecule has 7 nitrogen and oxygen atoms in total. The lowest BCUT2D eigenvalue weighted by Gasteiger charge is -2.23. The molecular weight excluding hydrogens is 494 g/mol. The lowest BCUT2D eigenvalue weighted by atomic mass is 9.98. The van der Waals surface area contributed by atoms with Crippen LogP contribution in [0.2, 0.25) is 0 Å². The van der Waals surface area contributed by atoms with Crippen LogP contribution in [0.4, 0.5) is 0 Å². The van der Waals surface area contributed by atoms with Crippen LogP contribution in [0.5, 0.6) is 11.5 Å². The molecule has 198 valence electrons. The van der Waals surface area contributed by atoms with Crippen molar-refractivity contribution in [1.29, 1.82) is 0 Å². The number of Topliss-reactive ketones (excluding diaryl/α,β-unsaturated/α-hetero) is 1. The molecule has 0 radical (unpaired) electrons. The summed E-state index contributed by atoms with van der Waals surface area (Å²) in [5, 5.41) is 11.4. The fourth-order valence-electron chi connectivity index (χ4n) is 4.72. The monoisotopic (exact) mass is 523 g/mol. The third kappa shape index (κ3) is 5.29. The predicted octanol–water partition coefficient (Wildman–Crippen LogP) is 6.11. The van der Waals surface area contributed by atoms with Crippen LogP contribution in [-0.4, -0.2) is 28.8 Å². The van der Waals surface area contributed by atoms with Crippen molar-refractivity contribution < 1.29 is 28.6 Å². The maximum Gasteiger partial charge on any atom is 0.296 e. The van der Waals surface area contributed by atoms with Crippen molar-refractivity contribution in [3.63, 3.8) is 0 Å². The van der Waals surface area contributed by atoms with Gasteiger partial charge in [-0.2, -0.15) is 0 Å². The number of aryl methyl sites for hydroxylation is 2. The van der Waals surface area contributed by atoms with Crippen molar-refractivity contribution in [3.8, 4) is 11.5 Å². The Hall–Kier alpha value is -4.78. The molecule has 1 amide bonds. The van der Waals surface area contributed by atoms with Gasteiger partial charge in [-0.05, 0) is 73.0 Å². The molecule has 1 aliphatic rings. The lowest BCUT2D eigenvalue weighted by Crippen LogP contribution is -2.29. The lowest BCUT2D eigenvalue weighted by molar-refractivity contribution is -0.140. The van der Waals surface area contributed by atoms with Crippen LogP contribution in [0, 0.1) is 13.8 Å². The molecule has 4 aromatic rings. The summed E-state index contributed by atoms with van der Waals surface area (Å²) in [4.78, 5) is 28.0. The standard InChI is InChI=1S/C32H29NO6/c1-20-17-24(12-16-26(20)38-19-23-7-5-4-6-8-23)30(34)28-29(27-15-9-21(2)39-27)33(32(36)31(28)35)18-22-10-13-25(37-3)14-11-22/h4-17,29,34H,18-19H2,1-3H3/b30-28-. The number of ether oxygens (including phenoxy) is 2. The fraction of sp³-hybridized carbons (Fsp3) is 0.188. The van der Waals surface area contributed by atoms with Crippen LogP contribution in [0.25, 0.3) is 5.76 Å². The van der Waals surface area contributed by atoms with E-state index in [4.69, 9.17) is 13.9 Å². The minimum absolute atomic E-state index is 0.0137. The van der Waals surface area contributed by atoms with Gasteiger partial charge in [0.2, 0.25) is 0 Å². The number of nitrogens with zero attached hydrogens (tertiary/aromatic N) is 1. The zero-order chi connectivity index (χ0) is 27.5. The number of carbonyl (C=O) groups is 2. The number of rotatable bonds is 8.